The van der Waals surface area contributed by atoms with Crippen molar-refractivity contribution in [1.29, 1.82) is 0 Å². The number of carbonyl (C=O) groups excluding carboxylic acids is 2. The molecule has 0 aliphatic heterocycles. The summed E-state index contributed by atoms with van der Waals surface area (Å²) in [5.41, 5.74) is -0.527. The van der Waals surface area contributed by atoms with Crippen LogP contribution >= 0.6 is 0 Å². The Morgan fingerprint density at radius 2 is 1.81 bits per heavy atom. The first-order chi connectivity index (χ1) is 11.7. The number of methoxy groups -OCH3 is 1. The summed E-state index contributed by atoms with van der Waals surface area (Å²) in [6.45, 7) is 2.85. The van der Waals surface area contributed by atoms with E-state index in [9.17, 15) is 23.1 Å². The predicted molar refractivity (Wildman–Crippen MR) is 82.8 cm³/mol. The molecule has 2 aromatic rings. The molecular formula is C14H13N4NaO6S. The van der Waals surface area contributed by atoms with E-state index in [-0.39, 0.29) is 52.9 Å². The van der Waals surface area contributed by atoms with E-state index in [0.717, 1.165) is 6.07 Å². The number of amides is 1. The van der Waals surface area contributed by atoms with Gasteiger partial charge in [0.15, 0.2) is 0 Å². The summed E-state index contributed by atoms with van der Waals surface area (Å²) in [5.74, 6) is -1.87. The minimum Gasteiger partial charge on any atom is -0.545 e. The van der Waals surface area contributed by atoms with E-state index in [4.69, 9.17) is 4.74 Å². The molecule has 1 aromatic heterocycles. The topological polar surface area (TPSA) is 151 Å². The quantitative estimate of drug-likeness (QED) is 0.536. The van der Waals surface area contributed by atoms with Crippen LogP contribution in [0.1, 0.15) is 21.7 Å². The Kier molecular flexibility index (Phi) is 7.21. The first kappa shape index (κ1) is 22.0. The van der Waals surface area contributed by atoms with Gasteiger partial charge in [0.1, 0.15) is 5.82 Å². The number of carbonyl (C=O) groups is 2. The molecule has 10 nitrogen and oxygen atoms in total. The molecule has 0 unspecified atom stereocenters. The van der Waals surface area contributed by atoms with Gasteiger partial charge in [-0.1, -0.05) is 18.2 Å². The van der Waals surface area contributed by atoms with Crippen molar-refractivity contribution < 1.29 is 57.4 Å². The number of anilines is 1. The van der Waals surface area contributed by atoms with Crippen molar-refractivity contribution in [3.63, 3.8) is 0 Å². The number of hydrogen-bond donors (Lipinski definition) is 1. The van der Waals surface area contributed by atoms with E-state index in [2.05, 4.69) is 15.0 Å². The summed E-state index contributed by atoms with van der Waals surface area (Å²) in [6, 6.07) is 3.63. The predicted octanol–water partition coefficient (Wildman–Crippen LogP) is -3.13. The maximum atomic E-state index is 12.5. The van der Waals surface area contributed by atoms with Crippen LogP contribution < -0.4 is 44.7 Å². The summed E-state index contributed by atoms with van der Waals surface area (Å²) in [5, 5.41) is 11.7. The smallest absolute Gasteiger partial charge is 0.545 e. The Balaban J connectivity index is 0.00000338. The van der Waals surface area contributed by atoms with E-state index >= 15 is 0 Å². The van der Waals surface area contributed by atoms with Crippen molar-refractivity contribution in [2.75, 3.05) is 12.4 Å². The second kappa shape index (κ2) is 8.54. The first-order valence-corrected chi connectivity index (χ1v) is 8.29. The van der Waals surface area contributed by atoms with Gasteiger partial charge in [0.25, 0.3) is 9.84 Å². The van der Waals surface area contributed by atoms with Crippen LogP contribution in [0, 0.1) is 13.8 Å². The average molecular weight is 388 g/mol. The number of aromatic carboxylic acids is 1. The zero-order valence-electron chi connectivity index (χ0n) is 14.4. The summed E-state index contributed by atoms with van der Waals surface area (Å²) >= 11 is 0. The second-order valence-electron chi connectivity index (χ2n) is 4.85. The summed E-state index contributed by atoms with van der Waals surface area (Å²) in [7, 11) is -3.40. The number of benzene rings is 1. The number of nitrogens with one attached hydrogen (secondary N) is 1. The third-order valence-electron chi connectivity index (χ3n) is 3.07. The van der Waals surface area contributed by atoms with Gasteiger partial charge < -0.3 is 14.6 Å². The van der Waals surface area contributed by atoms with Gasteiger partial charge in [-0.25, -0.2) is 8.42 Å². The van der Waals surface area contributed by atoms with Crippen LogP contribution in [0.25, 0.3) is 0 Å². The molecule has 1 aromatic carbocycles. The Hall–Kier alpha value is -2.08. The summed E-state index contributed by atoms with van der Waals surface area (Å²) in [6.07, 6.45) is 0. The van der Waals surface area contributed by atoms with Gasteiger partial charge >= 0.3 is 40.8 Å². The monoisotopic (exact) mass is 388 g/mol. The molecular weight excluding hydrogens is 375 g/mol. The number of aryl methyl sites for hydroxylation is 2. The van der Waals surface area contributed by atoms with Crippen molar-refractivity contribution in [2.24, 2.45) is 0 Å². The molecule has 0 fully saturated rings. The fourth-order valence-corrected chi connectivity index (χ4v) is 3.37. The summed E-state index contributed by atoms with van der Waals surface area (Å²) in [4.78, 5) is 34.0. The molecule has 1 amide bonds. The zero-order chi connectivity index (χ0) is 18.8. The molecule has 1 N–H and O–H groups in total. The Labute approximate surface area is 171 Å². The average Bonchev–Trinajstić information content (AvgIpc) is 2.53. The molecule has 0 spiro atoms. The van der Waals surface area contributed by atoms with Crippen molar-refractivity contribution in [2.45, 2.75) is 18.7 Å². The van der Waals surface area contributed by atoms with E-state index < -0.39 is 31.5 Å². The van der Waals surface area contributed by atoms with Gasteiger partial charge in [-0.05, 0) is 19.4 Å². The molecule has 1 heterocycles. The molecule has 0 bridgehead atoms. The van der Waals surface area contributed by atoms with Crippen molar-refractivity contribution in [3.8, 4) is 6.01 Å². The number of aromatic nitrogens is 3. The summed E-state index contributed by atoms with van der Waals surface area (Å²) < 4.78 is 29.8. The van der Waals surface area contributed by atoms with Crippen molar-refractivity contribution >= 4 is 27.0 Å². The maximum Gasteiger partial charge on any atom is 1.00 e. The minimum atomic E-state index is -4.69. The number of nitrogens with zero attached hydrogens (tertiary/aromatic N) is 3. The van der Waals surface area contributed by atoms with Crippen LogP contribution in [0.4, 0.5) is 10.7 Å². The number of rotatable bonds is 4. The molecule has 12 heteroatoms. The number of carboxylic acids is 1. The molecule has 0 aliphatic rings. The molecule has 132 valence electrons. The number of sulfone groups is 1. The van der Waals surface area contributed by atoms with Crippen LogP contribution in [-0.4, -0.2) is 41.7 Å². The molecule has 0 atom stereocenters. The molecule has 26 heavy (non-hydrogen) atoms. The van der Waals surface area contributed by atoms with E-state index in [1.807, 2.05) is 5.32 Å². The molecule has 0 aliphatic carbocycles. The minimum absolute atomic E-state index is 0. The first-order valence-electron chi connectivity index (χ1n) is 6.80. The largest absolute Gasteiger partial charge is 1.00 e. The third-order valence-corrected chi connectivity index (χ3v) is 4.74. The van der Waals surface area contributed by atoms with Gasteiger partial charge in [0.2, 0.25) is 5.95 Å². The van der Waals surface area contributed by atoms with Gasteiger partial charge in [-0.3, -0.25) is 10.1 Å². The Bertz CT molecular complexity index is 964. The molecule has 2 rings (SSSR count). The Morgan fingerprint density at radius 1 is 1.15 bits per heavy atom. The molecule has 0 saturated carbocycles. The maximum absolute atomic E-state index is 12.5. The van der Waals surface area contributed by atoms with Crippen LogP contribution in [0.3, 0.4) is 0 Å². The van der Waals surface area contributed by atoms with Gasteiger partial charge in [-0.15, -0.1) is 0 Å². The SMILES string of the molecule is COc1nc(C)nc(NC(=O)S(=O)(=O)c2c(C)cccc2C(=O)[O-])n1.[Na+]. The Morgan fingerprint density at radius 3 is 2.38 bits per heavy atom. The zero-order valence-corrected chi connectivity index (χ0v) is 17.2. The van der Waals surface area contributed by atoms with Crippen LogP contribution in [0.2, 0.25) is 0 Å². The van der Waals surface area contributed by atoms with Crippen LogP contribution in [-0.2, 0) is 9.84 Å². The number of ether oxygens (including phenoxy) is 1. The van der Waals surface area contributed by atoms with Gasteiger partial charge in [0, 0.05) is 5.56 Å². The number of carboxylic acid groups (broad SMARTS) is 1. The van der Waals surface area contributed by atoms with Crippen molar-refractivity contribution in [1.82, 2.24) is 15.0 Å². The van der Waals surface area contributed by atoms with Crippen LogP contribution in [0.15, 0.2) is 23.1 Å². The van der Waals surface area contributed by atoms with E-state index in [0.29, 0.717) is 0 Å². The van der Waals surface area contributed by atoms with Crippen LogP contribution in [0.5, 0.6) is 6.01 Å². The fourth-order valence-electron chi connectivity index (χ4n) is 2.03. The van der Waals surface area contributed by atoms with Gasteiger partial charge in [-0.2, -0.15) is 15.0 Å². The molecule has 0 saturated heterocycles. The third kappa shape index (κ3) is 4.55. The van der Waals surface area contributed by atoms with E-state index in [1.54, 1.807) is 0 Å². The van der Waals surface area contributed by atoms with E-state index in [1.165, 1.54) is 33.1 Å². The normalized spacial score (nSPS) is 10.6. The van der Waals surface area contributed by atoms with Crippen molar-refractivity contribution in [3.05, 3.63) is 35.2 Å². The second-order valence-corrected chi connectivity index (χ2v) is 6.63. The van der Waals surface area contributed by atoms with Gasteiger partial charge in [0.05, 0.1) is 18.0 Å². The number of hydrogen-bond acceptors (Lipinski definition) is 9. The molecule has 0 radical (unpaired) electrons. The standard InChI is InChI=1S/C14H14N4O6S.Na/c1-7-5-4-6-9(11(19)20)10(7)25(22,23)14(21)18-12-15-8(2)16-13(17-12)24-3;/h4-6H,1-3H3,(H,19,20)(H,15,16,17,18,21);/q;+1/p-1. The fraction of sp³-hybridized carbons (Fsp3) is 0.214.